The largest absolute Gasteiger partial charge is 0.478 e. The van der Waals surface area contributed by atoms with Crippen molar-refractivity contribution >= 4 is 27.4 Å². The van der Waals surface area contributed by atoms with E-state index in [-0.39, 0.29) is 21.2 Å². The summed E-state index contributed by atoms with van der Waals surface area (Å²) >= 11 is 5.78. The van der Waals surface area contributed by atoms with Crippen LogP contribution in [0.3, 0.4) is 0 Å². The third kappa shape index (κ3) is 4.65. The lowest BCUT2D eigenvalue weighted by atomic mass is 10.2. The summed E-state index contributed by atoms with van der Waals surface area (Å²) in [6.07, 6.45) is 4.97. The quantitative estimate of drug-likeness (QED) is 0.588. The van der Waals surface area contributed by atoms with Gasteiger partial charge in [-0.2, -0.15) is 0 Å². The lowest BCUT2D eigenvalue weighted by Crippen LogP contribution is -2.08. The third-order valence-corrected chi connectivity index (χ3v) is 4.96. The number of carboxylic acids is 1. The molecule has 0 heterocycles. The molecule has 6 heteroatoms. The number of unbranched alkanes of at least 4 members (excludes halogenated alkanes) is 3. The van der Waals surface area contributed by atoms with Crippen molar-refractivity contribution in [1.82, 2.24) is 0 Å². The normalized spacial score (nSPS) is 11.2. The van der Waals surface area contributed by atoms with Gasteiger partial charge in [0.05, 0.1) is 21.2 Å². The van der Waals surface area contributed by atoms with E-state index in [1.165, 1.54) is 18.2 Å². The van der Waals surface area contributed by atoms with E-state index in [9.17, 15) is 13.2 Å². The van der Waals surface area contributed by atoms with Crippen molar-refractivity contribution in [2.24, 2.45) is 0 Å². The number of carboxylic acid groups (broad SMARTS) is 1. The molecule has 0 fully saturated rings. The Kier molecular flexibility index (Phi) is 6.23. The Morgan fingerprint density at radius 3 is 2.55 bits per heavy atom. The summed E-state index contributed by atoms with van der Waals surface area (Å²) in [4.78, 5) is 10.9. The molecule has 110 valence electrons. The van der Waals surface area contributed by atoms with Gasteiger partial charge in [0.15, 0.2) is 9.84 Å². The van der Waals surface area contributed by atoms with E-state index in [2.05, 4.69) is 6.58 Å². The van der Waals surface area contributed by atoms with Gasteiger partial charge in [0.25, 0.3) is 0 Å². The fourth-order valence-corrected chi connectivity index (χ4v) is 3.46. The van der Waals surface area contributed by atoms with E-state index in [4.69, 9.17) is 16.7 Å². The predicted molar refractivity (Wildman–Crippen MR) is 79.1 cm³/mol. The van der Waals surface area contributed by atoms with Gasteiger partial charge in [-0.15, -0.1) is 6.58 Å². The second-order valence-electron chi connectivity index (χ2n) is 4.40. The Morgan fingerprint density at radius 2 is 2.00 bits per heavy atom. The molecule has 0 atom stereocenters. The minimum absolute atomic E-state index is 0.0346. The van der Waals surface area contributed by atoms with Crippen LogP contribution in [-0.4, -0.2) is 25.2 Å². The molecule has 4 nitrogen and oxygen atoms in total. The maximum atomic E-state index is 12.1. The minimum Gasteiger partial charge on any atom is -0.478 e. The summed E-state index contributed by atoms with van der Waals surface area (Å²) in [5.74, 6) is -1.14. The lowest BCUT2D eigenvalue weighted by molar-refractivity contribution is 0.0697. The highest BCUT2D eigenvalue weighted by molar-refractivity contribution is 7.91. The second kappa shape index (κ2) is 7.45. The van der Waals surface area contributed by atoms with Crippen LogP contribution in [0.2, 0.25) is 5.02 Å². The second-order valence-corrected chi connectivity index (χ2v) is 6.92. The van der Waals surface area contributed by atoms with Crippen molar-refractivity contribution in [1.29, 1.82) is 0 Å². The van der Waals surface area contributed by atoms with Crippen molar-refractivity contribution in [3.05, 3.63) is 41.4 Å². The molecule has 0 aliphatic rings. The van der Waals surface area contributed by atoms with Crippen LogP contribution in [0, 0.1) is 0 Å². The van der Waals surface area contributed by atoms with Crippen molar-refractivity contribution in [2.75, 3.05) is 5.75 Å². The van der Waals surface area contributed by atoms with Crippen LogP contribution in [0.15, 0.2) is 35.7 Å². The maximum Gasteiger partial charge on any atom is 0.337 e. The fourth-order valence-electron chi connectivity index (χ4n) is 1.74. The number of rotatable bonds is 8. The highest BCUT2D eigenvalue weighted by Gasteiger charge is 2.17. The lowest BCUT2D eigenvalue weighted by Gasteiger charge is -2.06. The minimum atomic E-state index is -3.42. The molecule has 0 radical (unpaired) electrons. The molecule has 1 N–H and O–H groups in total. The highest BCUT2D eigenvalue weighted by atomic mass is 35.5. The van der Waals surface area contributed by atoms with E-state index in [0.29, 0.717) is 6.42 Å². The summed E-state index contributed by atoms with van der Waals surface area (Å²) < 4.78 is 24.1. The molecule has 0 aromatic heterocycles. The zero-order chi connectivity index (χ0) is 15.2. The van der Waals surface area contributed by atoms with Crippen molar-refractivity contribution in [3.63, 3.8) is 0 Å². The van der Waals surface area contributed by atoms with Gasteiger partial charge in [0, 0.05) is 0 Å². The number of allylic oxidation sites excluding steroid dienone is 1. The molecular formula is C14H17ClO4S. The molecule has 20 heavy (non-hydrogen) atoms. The summed E-state index contributed by atoms with van der Waals surface area (Å²) in [5.41, 5.74) is -0.100. The fraction of sp³-hybridized carbons (Fsp3) is 0.357. The Bertz CT molecular complexity index is 593. The molecule has 0 saturated carbocycles. The number of benzene rings is 1. The maximum absolute atomic E-state index is 12.1. The van der Waals surface area contributed by atoms with Gasteiger partial charge in [-0.3, -0.25) is 0 Å². The summed E-state index contributed by atoms with van der Waals surface area (Å²) in [6.45, 7) is 3.61. The molecule has 0 bridgehead atoms. The number of hydrogen-bond acceptors (Lipinski definition) is 3. The van der Waals surface area contributed by atoms with E-state index >= 15 is 0 Å². The Hall–Kier alpha value is -1.33. The van der Waals surface area contributed by atoms with E-state index in [1.54, 1.807) is 6.08 Å². The first-order chi connectivity index (χ1) is 9.38. The molecule has 0 unspecified atom stereocenters. The SMILES string of the molecule is C=CCCCCCS(=O)(=O)c1ccc(C(=O)O)c(Cl)c1. The Morgan fingerprint density at radius 1 is 1.30 bits per heavy atom. The van der Waals surface area contributed by atoms with Crippen molar-refractivity contribution < 1.29 is 18.3 Å². The van der Waals surface area contributed by atoms with Crippen molar-refractivity contribution in [3.8, 4) is 0 Å². The van der Waals surface area contributed by atoms with Crippen LogP contribution in [0.25, 0.3) is 0 Å². The predicted octanol–water partition coefficient (Wildman–Crippen LogP) is 3.56. The number of halogens is 1. The van der Waals surface area contributed by atoms with Gasteiger partial charge >= 0.3 is 5.97 Å². The zero-order valence-electron chi connectivity index (χ0n) is 11.0. The first kappa shape index (κ1) is 16.7. The van der Waals surface area contributed by atoms with Gasteiger partial charge < -0.3 is 5.11 Å². The zero-order valence-corrected chi connectivity index (χ0v) is 12.6. The molecule has 1 aromatic rings. The van der Waals surface area contributed by atoms with Crippen LogP contribution in [0.5, 0.6) is 0 Å². The van der Waals surface area contributed by atoms with Crippen LogP contribution in [0.1, 0.15) is 36.0 Å². The monoisotopic (exact) mass is 316 g/mol. The van der Waals surface area contributed by atoms with Crippen LogP contribution >= 0.6 is 11.6 Å². The van der Waals surface area contributed by atoms with Crippen molar-refractivity contribution in [2.45, 2.75) is 30.6 Å². The van der Waals surface area contributed by atoms with Gasteiger partial charge in [-0.05, 0) is 37.5 Å². The smallest absolute Gasteiger partial charge is 0.337 e. The molecule has 1 rings (SSSR count). The summed E-state index contributed by atoms with van der Waals surface area (Å²) in [6, 6.07) is 3.70. The van der Waals surface area contributed by atoms with E-state index in [0.717, 1.165) is 19.3 Å². The van der Waals surface area contributed by atoms with Gasteiger partial charge in [-0.1, -0.05) is 24.1 Å². The average molecular weight is 317 g/mol. The molecule has 0 saturated heterocycles. The first-order valence-corrected chi connectivity index (χ1v) is 8.28. The summed E-state index contributed by atoms with van der Waals surface area (Å²) in [5, 5.41) is 8.78. The van der Waals surface area contributed by atoms with Crippen LogP contribution < -0.4 is 0 Å². The molecule has 0 aliphatic carbocycles. The topological polar surface area (TPSA) is 71.4 Å². The van der Waals surface area contributed by atoms with Crippen LogP contribution in [-0.2, 0) is 9.84 Å². The van der Waals surface area contributed by atoms with Gasteiger partial charge in [0.2, 0.25) is 0 Å². The highest BCUT2D eigenvalue weighted by Crippen LogP contribution is 2.22. The number of sulfone groups is 1. The molecule has 0 aliphatic heterocycles. The Labute approximate surface area is 124 Å². The van der Waals surface area contributed by atoms with E-state index in [1.807, 2.05) is 0 Å². The average Bonchev–Trinajstić information content (AvgIpc) is 2.37. The first-order valence-electron chi connectivity index (χ1n) is 6.25. The molecule has 0 spiro atoms. The Balaban J connectivity index is 2.75. The molecule has 1 aromatic carbocycles. The van der Waals surface area contributed by atoms with Crippen LogP contribution in [0.4, 0.5) is 0 Å². The number of aromatic carboxylic acids is 1. The molecule has 0 amide bonds. The summed E-state index contributed by atoms with van der Waals surface area (Å²) in [7, 11) is -3.42. The standard InChI is InChI=1S/C14H17ClO4S/c1-2-3-4-5-6-9-20(18,19)11-7-8-12(14(16)17)13(15)10-11/h2,7-8,10H,1,3-6,9H2,(H,16,17). The molecular weight excluding hydrogens is 300 g/mol. The van der Waals surface area contributed by atoms with Gasteiger partial charge in [0.1, 0.15) is 0 Å². The van der Waals surface area contributed by atoms with E-state index < -0.39 is 15.8 Å². The van der Waals surface area contributed by atoms with Gasteiger partial charge in [-0.25, -0.2) is 13.2 Å². The number of hydrogen-bond donors (Lipinski definition) is 1. The number of carbonyl (C=O) groups is 1. The third-order valence-electron chi connectivity index (χ3n) is 2.85.